The summed E-state index contributed by atoms with van der Waals surface area (Å²) in [5.41, 5.74) is 7.68. The molecule has 2 N–H and O–H groups in total. The number of esters is 3. The van der Waals surface area contributed by atoms with Crippen molar-refractivity contribution in [2.24, 2.45) is 16.8 Å². The molecule has 0 saturated heterocycles. The van der Waals surface area contributed by atoms with Crippen LogP contribution in [-0.2, 0) is 57.6 Å². The number of ether oxygens (including phenoxy) is 4. The number of cyclic esters (lactones) is 1. The van der Waals surface area contributed by atoms with E-state index in [1.807, 2.05) is 70.2 Å². The van der Waals surface area contributed by atoms with Gasteiger partial charge in [0, 0.05) is 58.4 Å². The second kappa shape index (κ2) is 16.9. The van der Waals surface area contributed by atoms with E-state index in [0.29, 0.717) is 47.8 Å². The van der Waals surface area contributed by atoms with Gasteiger partial charge in [-0.25, -0.2) is 9.79 Å². The van der Waals surface area contributed by atoms with Gasteiger partial charge >= 0.3 is 17.9 Å². The molecule has 0 fully saturated rings. The second-order valence-electron chi connectivity index (χ2n) is 13.4. The summed E-state index contributed by atoms with van der Waals surface area (Å²) in [5, 5.41) is 1.48. The minimum atomic E-state index is -0.464. The van der Waals surface area contributed by atoms with Crippen LogP contribution in [0.15, 0.2) is 64.9 Å². The Balaban J connectivity index is 1.61. The van der Waals surface area contributed by atoms with Crippen LogP contribution < -0.4 is 10.7 Å². The number of benzene rings is 1. The van der Waals surface area contributed by atoms with Gasteiger partial charge in [0.2, 0.25) is 5.91 Å². The van der Waals surface area contributed by atoms with Gasteiger partial charge in [-0.15, -0.1) is 0 Å². The van der Waals surface area contributed by atoms with Crippen molar-refractivity contribution in [1.82, 2.24) is 9.97 Å². The first kappa shape index (κ1) is 38.7. The molecule has 0 bridgehead atoms. The fraction of sp³-hybridized carbons (Fsp3) is 0.357. The highest BCUT2D eigenvalue weighted by Crippen LogP contribution is 2.31. The summed E-state index contributed by atoms with van der Waals surface area (Å²) in [4.78, 5) is 61.4. The number of rotatable bonds is 14. The molecule has 3 aromatic rings. The topological polar surface area (TPSA) is 149 Å². The Morgan fingerprint density at radius 1 is 0.906 bits per heavy atom. The molecule has 53 heavy (non-hydrogen) atoms. The summed E-state index contributed by atoms with van der Waals surface area (Å²) >= 11 is 0. The van der Waals surface area contributed by atoms with E-state index in [-0.39, 0.29) is 48.6 Å². The van der Waals surface area contributed by atoms with Gasteiger partial charge in [-0.1, -0.05) is 49.9 Å². The largest absolute Gasteiger partial charge is 0.469 e. The number of aromatic amines is 2. The average molecular weight is 722 g/mol. The number of carbonyl (C=O) groups is 4. The third-order valence-electron chi connectivity index (χ3n) is 10.1. The summed E-state index contributed by atoms with van der Waals surface area (Å²) in [5.74, 6) is -1.58. The van der Waals surface area contributed by atoms with Gasteiger partial charge in [0.25, 0.3) is 0 Å². The predicted molar refractivity (Wildman–Crippen MR) is 202 cm³/mol. The van der Waals surface area contributed by atoms with Gasteiger partial charge in [-0.2, -0.15) is 0 Å². The molecule has 278 valence electrons. The van der Waals surface area contributed by atoms with E-state index in [1.54, 1.807) is 13.0 Å². The van der Waals surface area contributed by atoms with Crippen LogP contribution in [-0.4, -0.2) is 59.8 Å². The van der Waals surface area contributed by atoms with Crippen molar-refractivity contribution < 1.29 is 38.1 Å². The molecular formula is C42H47N3O8. The molecule has 0 unspecified atom stereocenters. The van der Waals surface area contributed by atoms with Crippen molar-refractivity contribution >= 4 is 47.8 Å². The number of methoxy groups -OCH3 is 2. The second-order valence-corrected chi connectivity index (χ2v) is 13.4. The molecule has 0 spiro atoms. The molecule has 1 amide bonds. The summed E-state index contributed by atoms with van der Waals surface area (Å²) in [6.45, 7) is 13.7. The van der Waals surface area contributed by atoms with E-state index in [0.717, 1.165) is 44.2 Å². The zero-order chi connectivity index (χ0) is 38.4. The van der Waals surface area contributed by atoms with Gasteiger partial charge < -0.3 is 28.9 Å². The Morgan fingerprint density at radius 3 is 2.19 bits per heavy atom. The molecule has 4 heterocycles. The van der Waals surface area contributed by atoms with E-state index in [2.05, 4.69) is 21.5 Å². The first-order valence-corrected chi connectivity index (χ1v) is 17.7. The first-order chi connectivity index (χ1) is 25.4. The smallest absolute Gasteiger partial charge is 0.343 e. The van der Waals surface area contributed by atoms with Crippen molar-refractivity contribution in [2.45, 2.75) is 73.0 Å². The van der Waals surface area contributed by atoms with Gasteiger partial charge in [0.15, 0.2) is 0 Å². The number of amides is 1. The van der Waals surface area contributed by atoms with Crippen molar-refractivity contribution in [3.8, 4) is 0 Å². The standard InChI is InChI=1S/C42H47N3O8/c1-9-29-25(4)37(53-42(29)49)21-33-24(3)31(16-18-39(47)51-8)35(44-33)20-34-30(15-17-38(46)50-7)23(2)32(43-34)19-36-40(26(5)41(48)45-36)27(6)52-22-28-13-11-10-12-14-28/h9-14,19-21,26-27,40,43-44H,1,15-18,22H2,2-8H3/b32-19-,34-20-,37-21-/t26-,27+,40+/m1/s1. The van der Waals surface area contributed by atoms with E-state index < -0.39 is 5.97 Å². The van der Waals surface area contributed by atoms with Crippen LogP contribution in [0.1, 0.15) is 72.8 Å². The molecule has 11 heteroatoms. The highest BCUT2D eigenvalue weighted by atomic mass is 16.5. The Morgan fingerprint density at radius 2 is 1.57 bits per heavy atom. The van der Waals surface area contributed by atoms with Crippen molar-refractivity contribution in [3.05, 3.63) is 110 Å². The highest BCUT2D eigenvalue weighted by Gasteiger charge is 2.38. The van der Waals surface area contributed by atoms with Crippen LogP contribution in [0.25, 0.3) is 18.2 Å². The SMILES string of the molecule is C=CC1=C(C)/C(=C/c2[nH]c(/C=c3\[nH]/c(=C\C4=NC(=O)[C@H](C)[C@H]4[C@H](C)OCc4ccccc4)c(C)c3CCC(=O)OC)c(CCC(=O)OC)c2C)OC1=O. The summed E-state index contributed by atoms with van der Waals surface area (Å²) in [6, 6.07) is 9.88. The monoisotopic (exact) mass is 721 g/mol. The molecule has 2 aromatic heterocycles. The Hall–Kier alpha value is -5.55. The number of nitrogens with one attached hydrogen (secondary N) is 2. The summed E-state index contributed by atoms with van der Waals surface area (Å²) in [6.07, 6.45) is 7.87. The molecular weight excluding hydrogens is 674 g/mol. The molecule has 0 radical (unpaired) electrons. The van der Waals surface area contributed by atoms with Crippen LogP contribution in [0.4, 0.5) is 0 Å². The van der Waals surface area contributed by atoms with E-state index in [4.69, 9.17) is 18.9 Å². The number of aromatic nitrogens is 2. The molecule has 2 aliphatic heterocycles. The van der Waals surface area contributed by atoms with Crippen LogP contribution in [0.3, 0.4) is 0 Å². The highest BCUT2D eigenvalue weighted by molar-refractivity contribution is 6.20. The summed E-state index contributed by atoms with van der Waals surface area (Å²) in [7, 11) is 2.71. The molecule has 0 aliphatic carbocycles. The zero-order valence-corrected chi connectivity index (χ0v) is 31.4. The maximum atomic E-state index is 13.0. The zero-order valence-electron chi connectivity index (χ0n) is 31.4. The number of hydrogen-bond acceptors (Lipinski definition) is 8. The van der Waals surface area contributed by atoms with Crippen LogP contribution in [0.5, 0.6) is 0 Å². The molecule has 1 aromatic carbocycles. The lowest BCUT2D eigenvalue weighted by Gasteiger charge is -2.23. The van der Waals surface area contributed by atoms with Crippen LogP contribution in [0, 0.1) is 25.7 Å². The fourth-order valence-corrected chi connectivity index (χ4v) is 6.90. The number of hydrogen-bond donors (Lipinski definition) is 2. The molecule has 3 atom stereocenters. The lowest BCUT2D eigenvalue weighted by Crippen LogP contribution is -2.31. The third-order valence-corrected chi connectivity index (χ3v) is 10.1. The minimum absolute atomic E-state index is 0.149. The normalized spacial score (nSPS) is 19.2. The van der Waals surface area contributed by atoms with Crippen molar-refractivity contribution in [3.63, 3.8) is 0 Å². The van der Waals surface area contributed by atoms with E-state index in [9.17, 15) is 19.2 Å². The van der Waals surface area contributed by atoms with Crippen molar-refractivity contribution in [2.75, 3.05) is 14.2 Å². The maximum absolute atomic E-state index is 13.0. The number of H-pyrrole nitrogens is 2. The summed E-state index contributed by atoms with van der Waals surface area (Å²) < 4.78 is 21.7. The lowest BCUT2D eigenvalue weighted by atomic mass is 9.87. The quantitative estimate of drug-likeness (QED) is 0.174. The molecule has 2 aliphatic rings. The number of aliphatic imine (C=N–C) groups is 1. The molecule has 11 nitrogen and oxygen atoms in total. The maximum Gasteiger partial charge on any atom is 0.343 e. The Labute approximate surface area is 309 Å². The fourth-order valence-electron chi connectivity index (χ4n) is 6.90. The van der Waals surface area contributed by atoms with Gasteiger partial charge in [-0.3, -0.25) is 14.4 Å². The lowest BCUT2D eigenvalue weighted by molar-refractivity contribution is -0.141. The van der Waals surface area contributed by atoms with Crippen LogP contribution >= 0.6 is 0 Å². The predicted octanol–water partition coefficient (Wildman–Crippen LogP) is 5.02. The van der Waals surface area contributed by atoms with E-state index in [1.165, 1.54) is 20.3 Å². The Bertz CT molecular complexity index is 2150. The van der Waals surface area contributed by atoms with Gasteiger partial charge in [-0.05, 0) is 80.5 Å². The number of allylic oxidation sites excluding steroid dienone is 1. The first-order valence-electron chi connectivity index (χ1n) is 17.7. The Kier molecular flexibility index (Phi) is 12.3. The van der Waals surface area contributed by atoms with Crippen molar-refractivity contribution in [1.29, 1.82) is 0 Å². The number of nitrogens with zero attached hydrogens (tertiary/aromatic N) is 1. The van der Waals surface area contributed by atoms with Gasteiger partial charge in [0.05, 0.1) is 38.2 Å². The van der Waals surface area contributed by atoms with Gasteiger partial charge in [0.1, 0.15) is 5.76 Å². The number of carbonyl (C=O) groups excluding carboxylic acids is 4. The van der Waals surface area contributed by atoms with Crippen LogP contribution in [0.2, 0.25) is 0 Å². The van der Waals surface area contributed by atoms with E-state index >= 15 is 0 Å². The average Bonchev–Trinajstić information content (AvgIpc) is 3.80. The molecule has 0 saturated carbocycles. The third kappa shape index (κ3) is 8.58. The minimum Gasteiger partial charge on any atom is -0.469 e. The molecule has 5 rings (SSSR count).